The number of nitrogens with one attached hydrogen (secondary N) is 3. The van der Waals surface area contributed by atoms with Crippen molar-refractivity contribution in [2.75, 3.05) is 32.9 Å². The van der Waals surface area contributed by atoms with E-state index in [9.17, 15) is 18.0 Å². The quantitative estimate of drug-likeness (QED) is 0.445. The van der Waals surface area contributed by atoms with Gasteiger partial charge in [-0.1, -0.05) is 11.6 Å². The molecule has 0 saturated carbocycles. The number of rotatable bonds is 5. The third kappa shape index (κ3) is 5.28. The van der Waals surface area contributed by atoms with Gasteiger partial charge >= 0.3 is 0 Å². The molecule has 36 heavy (non-hydrogen) atoms. The van der Waals surface area contributed by atoms with Gasteiger partial charge in [-0.05, 0) is 37.7 Å². The Morgan fingerprint density at radius 1 is 1.17 bits per heavy atom. The fraction of sp³-hybridized carbons (Fsp3) is 0.435. The van der Waals surface area contributed by atoms with Crippen LogP contribution in [0.5, 0.6) is 0 Å². The lowest BCUT2D eigenvalue weighted by Crippen LogP contribution is -2.61. The number of hydrogen-bond acceptors (Lipinski definition) is 7. The van der Waals surface area contributed by atoms with E-state index in [0.29, 0.717) is 22.1 Å². The Hall–Kier alpha value is -2.51. The Labute approximate surface area is 218 Å². The Morgan fingerprint density at radius 2 is 1.94 bits per heavy atom. The third-order valence-corrected chi connectivity index (χ3v) is 9.21. The molecule has 2 amide bonds. The molecular formula is C23H27ClN6O4S2. The molecule has 2 aliphatic heterocycles. The van der Waals surface area contributed by atoms with Crippen LogP contribution >= 0.6 is 22.9 Å². The van der Waals surface area contributed by atoms with Crippen LogP contribution in [0.3, 0.4) is 0 Å². The minimum atomic E-state index is -3.46. The second kappa shape index (κ2) is 9.75. The van der Waals surface area contributed by atoms with E-state index in [1.54, 1.807) is 24.3 Å². The van der Waals surface area contributed by atoms with Crippen LogP contribution < -0.4 is 10.6 Å². The van der Waals surface area contributed by atoms with Gasteiger partial charge in [-0.3, -0.25) is 9.59 Å². The maximum atomic E-state index is 13.1. The first-order chi connectivity index (χ1) is 17.1. The SMILES string of the molecule is CN1CCc2nc(C(=O)N[C@@H]3CCN(S(C)(=O)=O)C[C@@H]3NC(=O)c3cc4cc(Cl)ccc4[nH]3)sc2C1. The van der Waals surface area contributed by atoms with Crippen LogP contribution in [-0.2, 0) is 23.0 Å². The van der Waals surface area contributed by atoms with E-state index in [1.807, 2.05) is 7.05 Å². The molecule has 13 heteroatoms. The number of nitrogens with zero attached hydrogens (tertiary/aromatic N) is 3. The second-order valence-corrected chi connectivity index (χ2v) is 12.9. The van der Waals surface area contributed by atoms with E-state index < -0.39 is 28.0 Å². The van der Waals surface area contributed by atoms with Gasteiger partial charge in [0.2, 0.25) is 10.0 Å². The van der Waals surface area contributed by atoms with Crippen molar-refractivity contribution < 1.29 is 18.0 Å². The monoisotopic (exact) mass is 550 g/mol. The molecule has 0 spiro atoms. The molecule has 4 heterocycles. The van der Waals surface area contributed by atoms with Crippen LogP contribution in [0.25, 0.3) is 10.9 Å². The van der Waals surface area contributed by atoms with Gasteiger partial charge in [0.05, 0.1) is 24.0 Å². The van der Waals surface area contributed by atoms with Crippen LogP contribution in [0.1, 0.15) is 37.3 Å². The second-order valence-electron chi connectivity index (χ2n) is 9.36. The lowest BCUT2D eigenvalue weighted by molar-refractivity contribution is 0.0847. The molecule has 0 radical (unpaired) electrons. The van der Waals surface area contributed by atoms with Crippen LogP contribution in [-0.4, -0.2) is 84.4 Å². The van der Waals surface area contributed by atoms with Crippen LogP contribution in [0, 0.1) is 0 Å². The molecule has 2 atom stereocenters. The number of thiazole rings is 1. The van der Waals surface area contributed by atoms with E-state index >= 15 is 0 Å². The van der Waals surface area contributed by atoms with Gasteiger partial charge in [-0.15, -0.1) is 11.3 Å². The van der Waals surface area contributed by atoms with Crippen LogP contribution in [0.4, 0.5) is 0 Å². The highest BCUT2D eigenvalue weighted by Gasteiger charge is 2.36. The number of H-pyrrole nitrogens is 1. The zero-order valence-corrected chi connectivity index (χ0v) is 22.3. The number of halogens is 1. The average molecular weight is 551 g/mol. The maximum Gasteiger partial charge on any atom is 0.280 e. The highest BCUT2D eigenvalue weighted by Crippen LogP contribution is 2.25. The van der Waals surface area contributed by atoms with E-state index in [2.05, 4.69) is 25.5 Å². The van der Waals surface area contributed by atoms with Gasteiger partial charge < -0.3 is 20.5 Å². The lowest BCUT2D eigenvalue weighted by Gasteiger charge is -2.37. The number of fused-ring (bicyclic) bond motifs is 2. The van der Waals surface area contributed by atoms with Crippen molar-refractivity contribution >= 4 is 55.7 Å². The topological polar surface area (TPSA) is 128 Å². The van der Waals surface area contributed by atoms with Crippen molar-refractivity contribution in [3.8, 4) is 0 Å². The molecule has 0 aliphatic carbocycles. The van der Waals surface area contributed by atoms with Gasteiger partial charge in [-0.2, -0.15) is 4.31 Å². The van der Waals surface area contributed by atoms with E-state index in [0.717, 1.165) is 47.2 Å². The normalized spacial score (nSPS) is 21.3. The van der Waals surface area contributed by atoms with Crippen molar-refractivity contribution in [2.24, 2.45) is 0 Å². The van der Waals surface area contributed by atoms with Gasteiger partial charge in [0.25, 0.3) is 11.8 Å². The van der Waals surface area contributed by atoms with Crippen molar-refractivity contribution in [3.05, 3.63) is 50.6 Å². The van der Waals surface area contributed by atoms with Crippen molar-refractivity contribution in [1.29, 1.82) is 0 Å². The molecule has 1 aromatic carbocycles. The summed E-state index contributed by atoms with van der Waals surface area (Å²) in [6.45, 7) is 1.97. The molecule has 0 bridgehead atoms. The summed E-state index contributed by atoms with van der Waals surface area (Å²) in [6.07, 6.45) is 2.31. The molecule has 2 aliphatic rings. The average Bonchev–Trinajstić information content (AvgIpc) is 3.43. The number of benzene rings is 1. The largest absolute Gasteiger partial charge is 0.351 e. The number of carbonyl (C=O) groups excluding carboxylic acids is 2. The number of amides is 2. The number of aromatic amines is 1. The minimum Gasteiger partial charge on any atom is -0.351 e. The van der Waals surface area contributed by atoms with Crippen molar-refractivity contribution in [2.45, 2.75) is 31.5 Å². The minimum absolute atomic E-state index is 0.0563. The zero-order chi connectivity index (χ0) is 25.6. The number of aromatic nitrogens is 2. The highest BCUT2D eigenvalue weighted by molar-refractivity contribution is 7.88. The molecule has 3 aromatic rings. The van der Waals surface area contributed by atoms with Gasteiger partial charge in [0.15, 0.2) is 5.01 Å². The molecule has 10 nitrogen and oxygen atoms in total. The summed E-state index contributed by atoms with van der Waals surface area (Å²) in [6, 6.07) is 5.88. The standard InChI is InChI=1S/C23H27ClN6O4S2/c1-29-7-5-17-20(12-29)35-23(28-17)22(32)26-16-6-8-30(36(2,33)34)11-19(16)27-21(31)18-10-13-9-14(24)3-4-15(13)25-18/h3-4,9-10,16,19,25H,5-8,11-12H2,1-2H3,(H,26,32)(H,27,31)/t16-,19+/m1/s1. The highest BCUT2D eigenvalue weighted by atomic mass is 35.5. The van der Waals surface area contributed by atoms with E-state index in [-0.39, 0.29) is 19.0 Å². The Bertz CT molecular complexity index is 1440. The molecule has 0 unspecified atom stereocenters. The Morgan fingerprint density at radius 3 is 2.72 bits per heavy atom. The molecule has 1 saturated heterocycles. The molecule has 2 aromatic heterocycles. The van der Waals surface area contributed by atoms with Crippen LogP contribution in [0.15, 0.2) is 24.3 Å². The number of carbonyl (C=O) groups is 2. The number of likely N-dealkylation sites (N-methyl/N-ethyl adjacent to an activating group) is 1. The predicted molar refractivity (Wildman–Crippen MR) is 139 cm³/mol. The Balaban J connectivity index is 1.34. The molecular weight excluding hydrogens is 524 g/mol. The summed E-state index contributed by atoms with van der Waals surface area (Å²) in [5.41, 5.74) is 2.04. The van der Waals surface area contributed by atoms with E-state index in [1.165, 1.54) is 15.6 Å². The third-order valence-electron chi connectivity index (χ3n) is 6.62. The first-order valence-corrected chi connectivity index (χ1v) is 14.6. The summed E-state index contributed by atoms with van der Waals surface area (Å²) in [5, 5.41) is 7.66. The van der Waals surface area contributed by atoms with Crippen LogP contribution in [0.2, 0.25) is 5.02 Å². The molecule has 1 fully saturated rings. The molecule has 192 valence electrons. The number of piperidine rings is 1. The Kier molecular flexibility index (Phi) is 6.81. The van der Waals surface area contributed by atoms with Gasteiger partial charge in [0.1, 0.15) is 5.69 Å². The smallest absolute Gasteiger partial charge is 0.280 e. The summed E-state index contributed by atoms with van der Waals surface area (Å²) >= 11 is 7.44. The predicted octanol–water partition coefficient (Wildman–Crippen LogP) is 1.83. The first kappa shape index (κ1) is 25.2. The molecule has 5 rings (SSSR count). The summed E-state index contributed by atoms with van der Waals surface area (Å²) in [4.78, 5) is 37.1. The zero-order valence-electron chi connectivity index (χ0n) is 19.9. The molecule has 3 N–H and O–H groups in total. The lowest BCUT2D eigenvalue weighted by atomic mass is 10.0. The maximum absolute atomic E-state index is 13.1. The number of hydrogen-bond donors (Lipinski definition) is 3. The summed E-state index contributed by atoms with van der Waals surface area (Å²) in [7, 11) is -1.43. The van der Waals surface area contributed by atoms with Crippen molar-refractivity contribution in [1.82, 2.24) is 29.8 Å². The number of sulfonamides is 1. The van der Waals surface area contributed by atoms with Crippen molar-refractivity contribution in [3.63, 3.8) is 0 Å². The van der Waals surface area contributed by atoms with E-state index in [4.69, 9.17) is 11.6 Å². The summed E-state index contributed by atoms with van der Waals surface area (Å²) in [5.74, 6) is -0.705. The fourth-order valence-corrected chi connectivity index (χ4v) is 6.81. The van der Waals surface area contributed by atoms with Gasteiger partial charge in [0, 0.05) is 53.4 Å². The first-order valence-electron chi connectivity index (χ1n) is 11.6. The summed E-state index contributed by atoms with van der Waals surface area (Å²) < 4.78 is 25.8. The van der Waals surface area contributed by atoms with Gasteiger partial charge in [-0.25, -0.2) is 13.4 Å². The fourth-order valence-electron chi connectivity index (χ4n) is 4.66.